The molecule has 0 fully saturated rings. The molecule has 2 N–H and O–H groups in total. The smallest absolute Gasteiger partial charge is 0.125 e. The van der Waals surface area contributed by atoms with E-state index in [0.29, 0.717) is 30.2 Å². The molecular weight excluding hydrogens is 352 g/mol. The van der Waals surface area contributed by atoms with E-state index in [9.17, 15) is 10.2 Å². The van der Waals surface area contributed by atoms with Crippen molar-refractivity contribution in [2.24, 2.45) is 0 Å². The Hall–Kier alpha value is -2.01. The molecule has 3 rings (SSSR count). The molecule has 5 heteroatoms. The van der Waals surface area contributed by atoms with Gasteiger partial charge in [-0.2, -0.15) is 0 Å². The number of aliphatic hydroxyl groups excluding tert-OH is 2. The molecule has 2 aromatic rings. The Balaban J connectivity index is 1.81. The predicted molar refractivity (Wildman–Crippen MR) is 102 cm³/mol. The van der Waals surface area contributed by atoms with Gasteiger partial charge in [0.25, 0.3) is 0 Å². The maximum atomic E-state index is 9.97. The average Bonchev–Trinajstić information content (AvgIpc) is 2.64. The van der Waals surface area contributed by atoms with Gasteiger partial charge >= 0.3 is 0 Å². The summed E-state index contributed by atoms with van der Waals surface area (Å²) in [6, 6.07) is 13.6. The molecule has 1 aliphatic heterocycles. The van der Waals surface area contributed by atoms with Gasteiger partial charge in [0.15, 0.2) is 0 Å². The largest absolute Gasteiger partial charge is 0.494 e. The molecule has 1 aliphatic rings. The lowest BCUT2D eigenvalue weighted by Gasteiger charge is -2.26. The minimum atomic E-state index is -0.624. The summed E-state index contributed by atoms with van der Waals surface area (Å²) in [5.41, 5.74) is 2.94. The molecule has 2 unspecified atom stereocenters. The highest BCUT2D eigenvalue weighted by atomic mass is 35.5. The zero-order valence-electron chi connectivity index (χ0n) is 14.7. The first-order chi connectivity index (χ1) is 12.6. The number of ether oxygens (including phenoxy) is 2. The van der Waals surface area contributed by atoms with Gasteiger partial charge in [-0.05, 0) is 60.9 Å². The SMILES string of the molecule is CCOc1ccc(Cc2cc(C3=CC(O)CC(CO)O3)ccc2Cl)cc1. The molecule has 1 heterocycles. The van der Waals surface area contributed by atoms with E-state index < -0.39 is 12.2 Å². The summed E-state index contributed by atoms with van der Waals surface area (Å²) in [4.78, 5) is 0. The Morgan fingerprint density at radius 3 is 2.65 bits per heavy atom. The Morgan fingerprint density at radius 2 is 1.96 bits per heavy atom. The van der Waals surface area contributed by atoms with Crippen LogP contribution in [-0.4, -0.2) is 35.6 Å². The summed E-state index contributed by atoms with van der Waals surface area (Å²) in [7, 11) is 0. The van der Waals surface area contributed by atoms with Crippen LogP contribution in [0.25, 0.3) is 5.76 Å². The summed E-state index contributed by atoms with van der Waals surface area (Å²) < 4.78 is 11.2. The van der Waals surface area contributed by atoms with Crippen LogP contribution in [0, 0.1) is 0 Å². The van der Waals surface area contributed by atoms with Crippen LogP contribution in [-0.2, 0) is 11.2 Å². The van der Waals surface area contributed by atoms with Crippen molar-refractivity contribution >= 4 is 17.4 Å². The first-order valence-corrected chi connectivity index (χ1v) is 9.14. The van der Waals surface area contributed by atoms with E-state index >= 15 is 0 Å². The molecule has 2 aromatic carbocycles. The van der Waals surface area contributed by atoms with E-state index in [-0.39, 0.29) is 6.61 Å². The van der Waals surface area contributed by atoms with Gasteiger partial charge in [-0.25, -0.2) is 0 Å². The fourth-order valence-corrected chi connectivity index (χ4v) is 3.19. The van der Waals surface area contributed by atoms with Gasteiger partial charge in [-0.3, -0.25) is 0 Å². The highest BCUT2D eigenvalue weighted by Gasteiger charge is 2.22. The summed E-state index contributed by atoms with van der Waals surface area (Å²) in [5, 5.41) is 20.0. The minimum absolute atomic E-state index is 0.124. The fraction of sp³-hybridized carbons (Fsp3) is 0.333. The van der Waals surface area contributed by atoms with Crippen LogP contribution >= 0.6 is 11.6 Å². The van der Waals surface area contributed by atoms with E-state index in [1.54, 1.807) is 6.08 Å². The Kier molecular flexibility index (Phi) is 6.20. The van der Waals surface area contributed by atoms with E-state index in [1.807, 2.05) is 49.4 Å². The van der Waals surface area contributed by atoms with Crippen LogP contribution < -0.4 is 4.74 Å². The van der Waals surface area contributed by atoms with Gasteiger partial charge < -0.3 is 19.7 Å². The van der Waals surface area contributed by atoms with Gasteiger partial charge in [0.1, 0.15) is 17.6 Å². The third-order valence-corrected chi connectivity index (χ3v) is 4.67. The summed E-state index contributed by atoms with van der Waals surface area (Å²) in [5.74, 6) is 1.42. The van der Waals surface area contributed by atoms with Crippen LogP contribution in [0.5, 0.6) is 5.75 Å². The third kappa shape index (κ3) is 4.58. The standard InChI is InChI=1S/C21H23ClO4/c1-2-25-18-6-3-14(4-7-18)9-16-10-15(5-8-20(16)22)21-12-17(24)11-19(13-23)26-21/h3-8,10,12,17,19,23-24H,2,9,11,13H2,1H3. The number of hydrogen-bond donors (Lipinski definition) is 2. The van der Waals surface area contributed by atoms with Crippen molar-refractivity contribution in [3.8, 4) is 5.75 Å². The van der Waals surface area contributed by atoms with Crippen molar-refractivity contribution in [1.82, 2.24) is 0 Å². The van der Waals surface area contributed by atoms with Crippen molar-refractivity contribution in [1.29, 1.82) is 0 Å². The average molecular weight is 375 g/mol. The molecule has 0 aliphatic carbocycles. The molecule has 0 spiro atoms. The van der Waals surface area contributed by atoms with Crippen LogP contribution in [0.3, 0.4) is 0 Å². The molecule has 0 radical (unpaired) electrons. The molecule has 2 atom stereocenters. The molecule has 138 valence electrons. The fourth-order valence-electron chi connectivity index (χ4n) is 3.01. The van der Waals surface area contributed by atoms with Crippen molar-refractivity contribution < 1.29 is 19.7 Å². The summed E-state index contributed by atoms with van der Waals surface area (Å²) in [6.07, 6.45) is 1.73. The Bertz CT molecular complexity index is 770. The summed E-state index contributed by atoms with van der Waals surface area (Å²) in [6.45, 7) is 2.48. The van der Waals surface area contributed by atoms with Gasteiger partial charge in [0.05, 0.1) is 19.3 Å². The molecule has 0 saturated carbocycles. The number of benzene rings is 2. The molecule has 4 nitrogen and oxygen atoms in total. The quantitative estimate of drug-likeness (QED) is 0.807. The molecule has 0 bridgehead atoms. The van der Waals surface area contributed by atoms with Crippen molar-refractivity contribution in [3.63, 3.8) is 0 Å². The highest BCUT2D eigenvalue weighted by Crippen LogP contribution is 2.29. The van der Waals surface area contributed by atoms with Crippen LogP contribution in [0.1, 0.15) is 30.0 Å². The second-order valence-electron chi connectivity index (χ2n) is 6.32. The van der Waals surface area contributed by atoms with Gasteiger partial charge in [-0.1, -0.05) is 23.7 Å². The molecular formula is C21H23ClO4. The number of rotatable bonds is 6. The normalized spacial score (nSPS) is 19.6. The zero-order chi connectivity index (χ0) is 18.5. The van der Waals surface area contributed by atoms with Crippen LogP contribution in [0.2, 0.25) is 5.02 Å². The first kappa shape index (κ1) is 18.8. The number of aliphatic hydroxyl groups is 2. The second kappa shape index (κ2) is 8.58. The zero-order valence-corrected chi connectivity index (χ0v) is 15.4. The third-order valence-electron chi connectivity index (χ3n) is 4.30. The Morgan fingerprint density at radius 1 is 1.19 bits per heavy atom. The van der Waals surface area contributed by atoms with Crippen molar-refractivity contribution in [3.05, 3.63) is 70.3 Å². The lowest BCUT2D eigenvalue weighted by atomic mass is 9.99. The van der Waals surface area contributed by atoms with E-state index in [0.717, 1.165) is 22.4 Å². The summed E-state index contributed by atoms with van der Waals surface area (Å²) >= 11 is 6.38. The van der Waals surface area contributed by atoms with Gasteiger partial charge in [-0.15, -0.1) is 0 Å². The van der Waals surface area contributed by atoms with Crippen molar-refractivity contribution in [2.45, 2.75) is 32.0 Å². The van der Waals surface area contributed by atoms with Gasteiger partial charge in [0, 0.05) is 17.0 Å². The maximum absolute atomic E-state index is 9.97. The monoisotopic (exact) mass is 374 g/mol. The maximum Gasteiger partial charge on any atom is 0.125 e. The van der Waals surface area contributed by atoms with Crippen molar-refractivity contribution in [2.75, 3.05) is 13.2 Å². The molecule has 0 aromatic heterocycles. The first-order valence-electron chi connectivity index (χ1n) is 8.77. The highest BCUT2D eigenvalue weighted by molar-refractivity contribution is 6.31. The minimum Gasteiger partial charge on any atom is -0.494 e. The molecule has 0 saturated heterocycles. The van der Waals surface area contributed by atoms with Crippen LogP contribution in [0.15, 0.2) is 48.5 Å². The lowest BCUT2D eigenvalue weighted by molar-refractivity contribution is 0.0393. The van der Waals surface area contributed by atoms with E-state index in [2.05, 4.69) is 0 Å². The lowest BCUT2D eigenvalue weighted by Crippen LogP contribution is -2.27. The predicted octanol–water partition coefficient (Wildman–Crippen LogP) is 3.81. The second-order valence-corrected chi connectivity index (χ2v) is 6.72. The van der Waals surface area contributed by atoms with Gasteiger partial charge in [0.2, 0.25) is 0 Å². The van der Waals surface area contributed by atoms with E-state index in [1.165, 1.54) is 0 Å². The van der Waals surface area contributed by atoms with E-state index in [4.69, 9.17) is 21.1 Å². The number of hydrogen-bond acceptors (Lipinski definition) is 4. The number of halogens is 1. The Labute approximate surface area is 158 Å². The molecule has 26 heavy (non-hydrogen) atoms. The van der Waals surface area contributed by atoms with Crippen LogP contribution in [0.4, 0.5) is 0 Å². The molecule has 0 amide bonds. The topological polar surface area (TPSA) is 58.9 Å².